The smallest absolute Gasteiger partial charge is 0.224 e. The molecule has 1 aliphatic rings. The SMILES string of the molecule is CCNC(C)CC(=O)N(CCOC)C1CCSC1. The largest absolute Gasteiger partial charge is 0.383 e. The highest BCUT2D eigenvalue weighted by Crippen LogP contribution is 2.23. The molecular weight excluding hydrogens is 248 g/mol. The normalized spacial score (nSPS) is 20.9. The van der Waals surface area contributed by atoms with Crippen molar-refractivity contribution in [1.82, 2.24) is 10.2 Å². The lowest BCUT2D eigenvalue weighted by Gasteiger charge is -2.29. The number of hydrogen-bond donors (Lipinski definition) is 1. The number of nitrogens with zero attached hydrogens (tertiary/aromatic N) is 1. The second-order valence-electron chi connectivity index (χ2n) is 4.76. The fourth-order valence-corrected chi connectivity index (χ4v) is 3.49. The average molecular weight is 274 g/mol. The van der Waals surface area contributed by atoms with Gasteiger partial charge in [-0.2, -0.15) is 11.8 Å². The minimum absolute atomic E-state index is 0.251. The minimum atomic E-state index is 0.251. The van der Waals surface area contributed by atoms with Crippen LogP contribution in [0.15, 0.2) is 0 Å². The van der Waals surface area contributed by atoms with Gasteiger partial charge < -0.3 is 15.0 Å². The summed E-state index contributed by atoms with van der Waals surface area (Å²) in [4.78, 5) is 14.4. The van der Waals surface area contributed by atoms with Crippen molar-refractivity contribution in [2.75, 3.05) is 38.3 Å². The third kappa shape index (κ3) is 5.16. The number of thioether (sulfide) groups is 1. The van der Waals surface area contributed by atoms with Crippen LogP contribution < -0.4 is 5.32 Å². The molecule has 0 aromatic rings. The summed E-state index contributed by atoms with van der Waals surface area (Å²) in [7, 11) is 1.69. The molecule has 4 nitrogen and oxygen atoms in total. The van der Waals surface area contributed by atoms with Crippen LogP contribution in [0.3, 0.4) is 0 Å². The molecule has 1 rings (SSSR count). The highest BCUT2D eigenvalue weighted by molar-refractivity contribution is 7.99. The first-order valence-electron chi connectivity index (χ1n) is 6.78. The zero-order chi connectivity index (χ0) is 13.4. The van der Waals surface area contributed by atoms with Crippen molar-refractivity contribution >= 4 is 17.7 Å². The Morgan fingerprint density at radius 3 is 2.94 bits per heavy atom. The molecule has 1 amide bonds. The molecule has 0 aromatic heterocycles. The lowest BCUT2D eigenvalue weighted by atomic mass is 10.1. The molecule has 0 radical (unpaired) electrons. The van der Waals surface area contributed by atoms with Gasteiger partial charge in [0.1, 0.15) is 0 Å². The van der Waals surface area contributed by atoms with E-state index in [1.54, 1.807) is 7.11 Å². The van der Waals surface area contributed by atoms with Crippen molar-refractivity contribution < 1.29 is 9.53 Å². The molecule has 0 aromatic carbocycles. The lowest BCUT2D eigenvalue weighted by Crippen LogP contribution is -2.44. The summed E-state index contributed by atoms with van der Waals surface area (Å²) in [6.07, 6.45) is 1.70. The van der Waals surface area contributed by atoms with E-state index in [0.29, 0.717) is 19.1 Å². The quantitative estimate of drug-likeness (QED) is 0.725. The van der Waals surface area contributed by atoms with Crippen molar-refractivity contribution in [1.29, 1.82) is 0 Å². The first kappa shape index (κ1) is 15.8. The Balaban J connectivity index is 2.49. The highest BCUT2D eigenvalue weighted by atomic mass is 32.2. The monoisotopic (exact) mass is 274 g/mol. The van der Waals surface area contributed by atoms with Crippen molar-refractivity contribution in [2.45, 2.75) is 38.8 Å². The molecule has 1 N–H and O–H groups in total. The van der Waals surface area contributed by atoms with E-state index >= 15 is 0 Å². The molecule has 2 atom stereocenters. The standard InChI is InChI=1S/C13H26N2O2S/c1-4-14-11(2)9-13(16)15(6-7-17-3)12-5-8-18-10-12/h11-12,14H,4-10H2,1-3H3. The van der Waals surface area contributed by atoms with E-state index in [1.165, 1.54) is 5.75 Å². The van der Waals surface area contributed by atoms with Crippen LogP contribution in [0.2, 0.25) is 0 Å². The number of methoxy groups -OCH3 is 1. The first-order valence-corrected chi connectivity index (χ1v) is 7.94. The van der Waals surface area contributed by atoms with E-state index in [2.05, 4.69) is 19.2 Å². The predicted molar refractivity (Wildman–Crippen MR) is 77.1 cm³/mol. The second-order valence-corrected chi connectivity index (χ2v) is 5.91. The summed E-state index contributed by atoms with van der Waals surface area (Å²) >= 11 is 1.94. The Hall–Kier alpha value is -0.260. The maximum absolute atomic E-state index is 12.3. The molecule has 18 heavy (non-hydrogen) atoms. The minimum Gasteiger partial charge on any atom is -0.383 e. The predicted octanol–water partition coefficient (Wildman–Crippen LogP) is 1.36. The summed E-state index contributed by atoms with van der Waals surface area (Å²) in [5.41, 5.74) is 0. The number of ether oxygens (including phenoxy) is 1. The van der Waals surface area contributed by atoms with Crippen LogP contribution in [0.1, 0.15) is 26.7 Å². The number of carbonyl (C=O) groups is 1. The van der Waals surface area contributed by atoms with Crippen molar-refractivity contribution in [3.8, 4) is 0 Å². The molecule has 106 valence electrons. The number of nitrogens with one attached hydrogen (secondary N) is 1. The fraction of sp³-hybridized carbons (Fsp3) is 0.923. The molecule has 1 heterocycles. The molecule has 0 bridgehead atoms. The Morgan fingerprint density at radius 1 is 1.61 bits per heavy atom. The fourth-order valence-electron chi connectivity index (χ4n) is 2.27. The maximum Gasteiger partial charge on any atom is 0.224 e. The third-order valence-electron chi connectivity index (χ3n) is 3.24. The van der Waals surface area contributed by atoms with E-state index < -0.39 is 0 Å². The number of hydrogen-bond acceptors (Lipinski definition) is 4. The van der Waals surface area contributed by atoms with E-state index in [0.717, 1.165) is 25.3 Å². The van der Waals surface area contributed by atoms with E-state index in [-0.39, 0.29) is 11.9 Å². The van der Waals surface area contributed by atoms with Crippen LogP contribution in [0.4, 0.5) is 0 Å². The van der Waals surface area contributed by atoms with Crippen molar-refractivity contribution in [3.05, 3.63) is 0 Å². The summed E-state index contributed by atoms with van der Waals surface area (Å²) < 4.78 is 5.12. The van der Waals surface area contributed by atoms with Gasteiger partial charge in [0.25, 0.3) is 0 Å². The van der Waals surface area contributed by atoms with E-state index in [4.69, 9.17) is 4.74 Å². The zero-order valence-electron chi connectivity index (χ0n) is 11.8. The van der Waals surface area contributed by atoms with Crippen LogP contribution >= 0.6 is 11.8 Å². The number of carbonyl (C=O) groups excluding carboxylic acids is 1. The molecule has 0 aliphatic carbocycles. The first-order chi connectivity index (χ1) is 8.69. The molecule has 1 fully saturated rings. The van der Waals surface area contributed by atoms with Gasteiger partial charge in [0.15, 0.2) is 0 Å². The molecule has 5 heteroatoms. The van der Waals surface area contributed by atoms with Gasteiger partial charge in [-0.1, -0.05) is 6.92 Å². The summed E-state index contributed by atoms with van der Waals surface area (Å²) in [5, 5.41) is 3.29. The Kier molecular flexibility index (Phi) is 7.70. The van der Waals surface area contributed by atoms with Crippen LogP contribution in [0.25, 0.3) is 0 Å². The van der Waals surface area contributed by atoms with E-state index in [9.17, 15) is 4.79 Å². The molecule has 2 unspecified atom stereocenters. The van der Waals surface area contributed by atoms with Gasteiger partial charge in [0.2, 0.25) is 5.91 Å². The summed E-state index contributed by atoms with van der Waals surface area (Å²) in [5.74, 6) is 2.50. The Bertz CT molecular complexity index is 245. The van der Waals surface area contributed by atoms with Crippen LogP contribution in [-0.4, -0.2) is 61.2 Å². The van der Waals surface area contributed by atoms with Crippen LogP contribution in [-0.2, 0) is 9.53 Å². The summed E-state index contributed by atoms with van der Waals surface area (Å²) in [6, 6.07) is 0.660. The Labute approximate surface area is 115 Å². The number of amides is 1. The summed E-state index contributed by atoms with van der Waals surface area (Å²) in [6.45, 7) is 6.39. The van der Waals surface area contributed by atoms with Gasteiger partial charge >= 0.3 is 0 Å². The van der Waals surface area contributed by atoms with Crippen molar-refractivity contribution in [2.24, 2.45) is 0 Å². The van der Waals surface area contributed by atoms with Gasteiger partial charge in [-0.25, -0.2) is 0 Å². The number of rotatable bonds is 8. The maximum atomic E-state index is 12.3. The van der Waals surface area contributed by atoms with Gasteiger partial charge in [0.05, 0.1) is 6.61 Å². The van der Waals surface area contributed by atoms with Gasteiger partial charge in [-0.3, -0.25) is 4.79 Å². The molecular formula is C13H26N2O2S. The molecule has 0 spiro atoms. The molecule has 1 saturated heterocycles. The average Bonchev–Trinajstić information content (AvgIpc) is 2.83. The molecule has 0 saturated carbocycles. The van der Waals surface area contributed by atoms with Gasteiger partial charge in [-0.15, -0.1) is 0 Å². The van der Waals surface area contributed by atoms with Crippen molar-refractivity contribution in [3.63, 3.8) is 0 Å². The topological polar surface area (TPSA) is 41.6 Å². The second kappa shape index (κ2) is 8.77. The van der Waals surface area contributed by atoms with Crippen LogP contribution in [0, 0.1) is 0 Å². The highest BCUT2D eigenvalue weighted by Gasteiger charge is 2.27. The van der Waals surface area contributed by atoms with Gasteiger partial charge in [0, 0.05) is 37.9 Å². The third-order valence-corrected chi connectivity index (χ3v) is 4.38. The molecule has 1 aliphatic heterocycles. The zero-order valence-corrected chi connectivity index (χ0v) is 12.6. The van der Waals surface area contributed by atoms with Gasteiger partial charge in [-0.05, 0) is 25.6 Å². The Morgan fingerprint density at radius 2 is 2.39 bits per heavy atom. The van der Waals surface area contributed by atoms with E-state index in [1.807, 2.05) is 16.7 Å². The lowest BCUT2D eigenvalue weighted by molar-refractivity contribution is -0.134. The van der Waals surface area contributed by atoms with Crippen LogP contribution in [0.5, 0.6) is 0 Å².